The summed E-state index contributed by atoms with van der Waals surface area (Å²) in [5.74, 6) is 0. The molecule has 0 fully saturated rings. The Morgan fingerprint density at radius 1 is 1.38 bits per heavy atom. The van der Waals surface area contributed by atoms with Crippen molar-refractivity contribution in [1.82, 2.24) is 0 Å². The van der Waals surface area contributed by atoms with Gasteiger partial charge in [0.25, 0.3) is 0 Å². The summed E-state index contributed by atoms with van der Waals surface area (Å²) in [6, 6.07) is 8.49. The first-order valence-corrected chi connectivity index (χ1v) is 4.76. The van der Waals surface area contributed by atoms with E-state index in [0.29, 0.717) is 0 Å². The van der Waals surface area contributed by atoms with Crippen LogP contribution in [0.5, 0.6) is 0 Å². The van der Waals surface area contributed by atoms with Gasteiger partial charge in [0.1, 0.15) is 0 Å². The standard InChI is InChI=1S/C11H14N2/c1-2-12-13-9-5-7-10-6-3-4-8-11(10)13/h2-4,6,8H,5,7,9H2,1H3/b12-2+. The zero-order valence-corrected chi connectivity index (χ0v) is 7.90. The molecule has 68 valence electrons. The average molecular weight is 174 g/mol. The van der Waals surface area contributed by atoms with Crippen molar-refractivity contribution < 1.29 is 0 Å². The molecule has 1 aromatic rings. The minimum absolute atomic E-state index is 1.04. The molecule has 0 aromatic heterocycles. The van der Waals surface area contributed by atoms with Crippen molar-refractivity contribution in [2.75, 3.05) is 11.6 Å². The molecule has 1 aliphatic rings. The highest BCUT2D eigenvalue weighted by molar-refractivity contribution is 5.60. The lowest BCUT2D eigenvalue weighted by Crippen LogP contribution is -2.23. The van der Waals surface area contributed by atoms with Crippen LogP contribution in [-0.4, -0.2) is 12.8 Å². The number of anilines is 1. The van der Waals surface area contributed by atoms with E-state index in [1.54, 1.807) is 0 Å². The third-order valence-electron chi connectivity index (χ3n) is 2.34. The van der Waals surface area contributed by atoms with Gasteiger partial charge in [-0.1, -0.05) is 18.2 Å². The zero-order valence-electron chi connectivity index (χ0n) is 7.90. The number of para-hydroxylation sites is 1. The average Bonchev–Trinajstić information content (AvgIpc) is 2.19. The number of hydrogen-bond donors (Lipinski definition) is 0. The monoisotopic (exact) mass is 174 g/mol. The summed E-state index contributed by atoms with van der Waals surface area (Å²) in [5.41, 5.74) is 2.69. The van der Waals surface area contributed by atoms with Gasteiger partial charge in [-0.25, -0.2) is 0 Å². The first-order chi connectivity index (χ1) is 6.42. The Kier molecular flexibility index (Phi) is 2.30. The molecule has 0 radical (unpaired) electrons. The lowest BCUT2D eigenvalue weighted by atomic mass is 10.0. The SMILES string of the molecule is C/C=N/N1CCCc2ccccc21. The molecular formula is C11H14N2. The first kappa shape index (κ1) is 8.30. The third-order valence-corrected chi connectivity index (χ3v) is 2.34. The molecule has 0 bridgehead atoms. The van der Waals surface area contributed by atoms with E-state index >= 15 is 0 Å². The van der Waals surface area contributed by atoms with Crippen LogP contribution in [0.4, 0.5) is 5.69 Å². The molecule has 2 nitrogen and oxygen atoms in total. The van der Waals surface area contributed by atoms with Gasteiger partial charge in [-0.15, -0.1) is 0 Å². The maximum atomic E-state index is 4.33. The van der Waals surface area contributed by atoms with Crippen LogP contribution in [0.25, 0.3) is 0 Å². The molecule has 1 aliphatic heterocycles. The van der Waals surface area contributed by atoms with Crippen molar-refractivity contribution in [2.45, 2.75) is 19.8 Å². The molecule has 0 amide bonds. The highest BCUT2D eigenvalue weighted by atomic mass is 15.4. The van der Waals surface area contributed by atoms with E-state index in [4.69, 9.17) is 0 Å². The van der Waals surface area contributed by atoms with Crippen molar-refractivity contribution in [3.8, 4) is 0 Å². The number of hydrogen-bond acceptors (Lipinski definition) is 2. The molecule has 0 unspecified atom stereocenters. The molecule has 0 N–H and O–H groups in total. The Hall–Kier alpha value is -1.31. The maximum Gasteiger partial charge on any atom is 0.0625 e. The van der Waals surface area contributed by atoms with Crippen LogP contribution in [0.3, 0.4) is 0 Å². The molecule has 1 aromatic carbocycles. The predicted octanol–water partition coefficient (Wildman–Crippen LogP) is 2.44. The van der Waals surface area contributed by atoms with Crippen LogP contribution < -0.4 is 5.01 Å². The lowest BCUT2D eigenvalue weighted by molar-refractivity contribution is 0.716. The number of aryl methyl sites for hydroxylation is 1. The minimum Gasteiger partial charge on any atom is -0.266 e. The number of rotatable bonds is 1. The van der Waals surface area contributed by atoms with Crippen LogP contribution in [0.1, 0.15) is 18.9 Å². The lowest BCUT2D eigenvalue weighted by Gasteiger charge is -2.26. The second-order valence-electron chi connectivity index (χ2n) is 3.23. The fraction of sp³-hybridized carbons (Fsp3) is 0.364. The van der Waals surface area contributed by atoms with E-state index in [2.05, 4.69) is 34.4 Å². The van der Waals surface area contributed by atoms with Crippen LogP contribution in [-0.2, 0) is 6.42 Å². The highest BCUT2D eigenvalue weighted by Crippen LogP contribution is 2.26. The number of nitrogens with zero attached hydrogens (tertiary/aromatic N) is 2. The second kappa shape index (κ2) is 3.60. The van der Waals surface area contributed by atoms with Gasteiger partial charge >= 0.3 is 0 Å². The number of hydrazone groups is 1. The molecule has 0 spiro atoms. The molecule has 2 rings (SSSR count). The van der Waals surface area contributed by atoms with Crippen molar-refractivity contribution in [3.63, 3.8) is 0 Å². The van der Waals surface area contributed by atoms with E-state index in [1.165, 1.54) is 24.1 Å². The summed E-state index contributed by atoms with van der Waals surface area (Å²) in [6.07, 6.45) is 4.24. The fourth-order valence-electron chi connectivity index (χ4n) is 1.77. The Balaban J connectivity index is 2.36. The Morgan fingerprint density at radius 2 is 2.23 bits per heavy atom. The molecule has 0 aliphatic carbocycles. The van der Waals surface area contributed by atoms with E-state index < -0.39 is 0 Å². The summed E-state index contributed by atoms with van der Waals surface area (Å²) in [7, 11) is 0. The predicted molar refractivity (Wildman–Crippen MR) is 56.3 cm³/mol. The molecule has 0 saturated heterocycles. The van der Waals surface area contributed by atoms with Gasteiger partial charge in [-0.3, -0.25) is 5.01 Å². The quantitative estimate of drug-likeness (QED) is 0.597. The van der Waals surface area contributed by atoms with Crippen LogP contribution in [0, 0.1) is 0 Å². The molecule has 13 heavy (non-hydrogen) atoms. The van der Waals surface area contributed by atoms with E-state index in [1.807, 2.05) is 13.1 Å². The molecule has 0 saturated carbocycles. The summed E-state index contributed by atoms with van der Waals surface area (Å²) in [6.45, 7) is 3.00. The smallest absolute Gasteiger partial charge is 0.0625 e. The summed E-state index contributed by atoms with van der Waals surface area (Å²) in [4.78, 5) is 0. The minimum atomic E-state index is 1.04. The Morgan fingerprint density at radius 3 is 3.08 bits per heavy atom. The Bertz CT molecular complexity index is 318. The first-order valence-electron chi connectivity index (χ1n) is 4.76. The Labute approximate surface area is 78.9 Å². The second-order valence-corrected chi connectivity index (χ2v) is 3.23. The fourth-order valence-corrected chi connectivity index (χ4v) is 1.77. The topological polar surface area (TPSA) is 15.6 Å². The van der Waals surface area contributed by atoms with Gasteiger partial charge in [0, 0.05) is 12.8 Å². The number of benzene rings is 1. The number of fused-ring (bicyclic) bond motifs is 1. The van der Waals surface area contributed by atoms with E-state index in [-0.39, 0.29) is 0 Å². The van der Waals surface area contributed by atoms with Crippen LogP contribution in [0.2, 0.25) is 0 Å². The maximum absolute atomic E-state index is 4.33. The summed E-state index contributed by atoms with van der Waals surface area (Å²) in [5, 5.41) is 6.42. The van der Waals surface area contributed by atoms with Gasteiger partial charge in [-0.2, -0.15) is 5.10 Å². The summed E-state index contributed by atoms with van der Waals surface area (Å²) >= 11 is 0. The van der Waals surface area contributed by atoms with Crippen molar-refractivity contribution >= 4 is 11.9 Å². The van der Waals surface area contributed by atoms with Gasteiger partial charge < -0.3 is 0 Å². The van der Waals surface area contributed by atoms with E-state index in [0.717, 1.165) is 6.54 Å². The largest absolute Gasteiger partial charge is 0.266 e. The zero-order chi connectivity index (χ0) is 9.10. The third kappa shape index (κ3) is 1.57. The normalized spacial score (nSPS) is 16.2. The van der Waals surface area contributed by atoms with E-state index in [9.17, 15) is 0 Å². The van der Waals surface area contributed by atoms with Crippen LogP contribution in [0.15, 0.2) is 29.4 Å². The van der Waals surface area contributed by atoms with Crippen molar-refractivity contribution in [3.05, 3.63) is 29.8 Å². The van der Waals surface area contributed by atoms with Gasteiger partial charge in [0.2, 0.25) is 0 Å². The van der Waals surface area contributed by atoms with Gasteiger partial charge in [0.15, 0.2) is 0 Å². The summed E-state index contributed by atoms with van der Waals surface area (Å²) < 4.78 is 0. The van der Waals surface area contributed by atoms with Crippen LogP contribution >= 0.6 is 0 Å². The molecule has 2 heteroatoms. The van der Waals surface area contributed by atoms with Crippen molar-refractivity contribution in [2.24, 2.45) is 5.10 Å². The molecule has 0 atom stereocenters. The van der Waals surface area contributed by atoms with Gasteiger partial charge in [-0.05, 0) is 31.4 Å². The molecule has 1 heterocycles. The molecular weight excluding hydrogens is 160 g/mol. The highest BCUT2D eigenvalue weighted by Gasteiger charge is 2.14. The van der Waals surface area contributed by atoms with Crippen molar-refractivity contribution in [1.29, 1.82) is 0 Å². The van der Waals surface area contributed by atoms with Gasteiger partial charge in [0.05, 0.1) is 5.69 Å².